The number of nitrogens with one attached hydrogen (secondary N) is 1. The van der Waals surface area contributed by atoms with E-state index in [1.54, 1.807) is 17.0 Å². The van der Waals surface area contributed by atoms with E-state index >= 15 is 0 Å². The Labute approximate surface area is 179 Å². The Bertz CT molecular complexity index is 982. The van der Waals surface area contributed by atoms with Gasteiger partial charge in [0.15, 0.2) is 0 Å². The molecule has 158 valence electrons. The van der Waals surface area contributed by atoms with E-state index in [4.69, 9.17) is 11.3 Å². The SMILES string of the molecule is [C-]#[N+]c1ccc(-c2csc(C(=O)N3CCC(NC(=O)OC(C)(C)C)CC3)c2)cc1F. The Morgan fingerprint density at radius 3 is 2.53 bits per heavy atom. The van der Waals surface area contributed by atoms with Gasteiger partial charge < -0.3 is 15.0 Å². The number of benzene rings is 1. The van der Waals surface area contributed by atoms with Gasteiger partial charge in [0.2, 0.25) is 5.69 Å². The minimum Gasteiger partial charge on any atom is -0.444 e. The van der Waals surface area contributed by atoms with Gasteiger partial charge in [-0.05, 0) is 62.3 Å². The molecular formula is C22H24FN3O3S. The third-order valence-corrected chi connectivity index (χ3v) is 5.63. The summed E-state index contributed by atoms with van der Waals surface area (Å²) in [6.45, 7) is 13.5. The zero-order valence-corrected chi connectivity index (χ0v) is 18.0. The number of nitrogens with zero attached hydrogens (tertiary/aromatic N) is 2. The van der Waals surface area contributed by atoms with Crippen molar-refractivity contribution in [3.05, 3.63) is 51.8 Å². The van der Waals surface area contributed by atoms with Crippen LogP contribution in [0.1, 0.15) is 43.3 Å². The molecule has 1 aromatic carbocycles. The molecular weight excluding hydrogens is 405 g/mol. The molecule has 2 amide bonds. The number of ether oxygens (including phenoxy) is 1. The summed E-state index contributed by atoms with van der Waals surface area (Å²) < 4.78 is 19.2. The second-order valence-electron chi connectivity index (χ2n) is 8.19. The lowest BCUT2D eigenvalue weighted by molar-refractivity contribution is 0.0474. The van der Waals surface area contributed by atoms with E-state index in [9.17, 15) is 14.0 Å². The second-order valence-corrected chi connectivity index (χ2v) is 9.10. The average Bonchev–Trinajstić information content (AvgIpc) is 3.16. The number of rotatable bonds is 3. The topological polar surface area (TPSA) is 63.0 Å². The first-order chi connectivity index (χ1) is 14.2. The van der Waals surface area contributed by atoms with Crippen LogP contribution in [-0.4, -0.2) is 41.6 Å². The van der Waals surface area contributed by atoms with Gasteiger partial charge >= 0.3 is 6.09 Å². The minimum atomic E-state index is -0.568. The molecule has 1 aromatic heterocycles. The zero-order chi connectivity index (χ0) is 21.9. The molecule has 0 saturated carbocycles. The Hall–Kier alpha value is -2.92. The normalized spacial score (nSPS) is 14.8. The first-order valence-corrected chi connectivity index (χ1v) is 10.6. The van der Waals surface area contributed by atoms with Crippen LogP contribution in [0.5, 0.6) is 0 Å². The Morgan fingerprint density at radius 2 is 1.93 bits per heavy atom. The molecule has 30 heavy (non-hydrogen) atoms. The summed E-state index contributed by atoms with van der Waals surface area (Å²) in [5.74, 6) is -0.638. The number of likely N-dealkylation sites (tertiary alicyclic amines) is 1. The smallest absolute Gasteiger partial charge is 0.407 e. The van der Waals surface area contributed by atoms with Crippen LogP contribution in [0.15, 0.2) is 29.6 Å². The molecule has 0 spiro atoms. The van der Waals surface area contributed by atoms with Crippen molar-refractivity contribution in [1.29, 1.82) is 0 Å². The van der Waals surface area contributed by atoms with Crippen molar-refractivity contribution in [3.63, 3.8) is 0 Å². The average molecular weight is 430 g/mol. The third kappa shape index (κ3) is 5.36. The van der Waals surface area contributed by atoms with E-state index in [0.717, 1.165) is 5.56 Å². The summed E-state index contributed by atoms with van der Waals surface area (Å²) in [5.41, 5.74) is 0.820. The van der Waals surface area contributed by atoms with Crippen molar-refractivity contribution < 1.29 is 18.7 Å². The third-order valence-electron chi connectivity index (χ3n) is 4.71. The molecule has 0 bridgehead atoms. The summed E-state index contributed by atoms with van der Waals surface area (Å²) in [6.07, 6.45) is 0.880. The summed E-state index contributed by atoms with van der Waals surface area (Å²) in [4.78, 5) is 30.2. The van der Waals surface area contributed by atoms with Crippen LogP contribution >= 0.6 is 11.3 Å². The van der Waals surface area contributed by atoms with E-state index in [1.165, 1.54) is 23.5 Å². The van der Waals surface area contributed by atoms with Crippen molar-refractivity contribution in [3.8, 4) is 11.1 Å². The summed E-state index contributed by atoms with van der Waals surface area (Å²) in [7, 11) is 0. The molecule has 0 aliphatic carbocycles. The van der Waals surface area contributed by atoms with Gasteiger partial charge in [0.05, 0.1) is 11.4 Å². The lowest BCUT2D eigenvalue weighted by atomic mass is 10.0. The van der Waals surface area contributed by atoms with Crippen LogP contribution in [0, 0.1) is 12.4 Å². The molecule has 1 aliphatic rings. The van der Waals surface area contributed by atoms with Gasteiger partial charge in [-0.15, -0.1) is 11.3 Å². The number of amides is 2. The second kappa shape index (κ2) is 8.84. The van der Waals surface area contributed by atoms with Gasteiger partial charge in [0.25, 0.3) is 5.91 Å². The standard InChI is InChI=1S/C22H24FN3O3S/c1-22(2,3)29-21(28)25-16-7-9-26(10-8-16)20(27)19-12-15(13-30-19)14-5-6-18(24-4)17(23)11-14/h5-6,11-13,16H,7-10H2,1-3H3,(H,25,28). The first kappa shape index (κ1) is 21.8. The fourth-order valence-electron chi connectivity index (χ4n) is 3.23. The quantitative estimate of drug-likeness (QED) is 0.679. The van der Waals surface area contributed by atoms with Gasteiger partial charge in [-0.3, -0.25) is 4.79 Å². The van der Waals surface area contributed by atoms with Gasteiger partial charge in [0.1, 0.15) is 11.4 Å². The number of halogens is 1. The number of carbonyl (C=O) groups is 2. The number of piperidine rings is 1. The van der Waals surface area contributed by atoms with Crippen molar-refractivity contribution in [2.75, 3.05) is 13.1 Å². The maximum absolute atomic E-state index is 13.9. The van der Waals surface area contributed by atoms with Crippen molar-refractivity contribution >= 4 is 29.0 Å². The number of thiophene rings is 1. The highest BCUT2D eigenvalue weighted by molar-refractivity contribution is 7.12. The molecule has 1 saturated heterocycles. The zero-order valence-electron chi connectivity index (χ0n) is 17.2. The van der Waals surface area contributed by atoms with E-state index in [1.807, 2.05) is 26.2 Å². The van der Waals surface area contributed by atoms with Crippen LogP contribution in [0.2, 0.25) is 0 Å². The number of hydrogen-bond donors (Lipinski definition) is 1. The molecule has 1 N–H and O–H groups in total. The highest BCUT2D eigenvalue weighted by Gasteiger charge is 2.27. The van der Waals surface area contributed by atoms with Crippen LogP contribution in [0.4, 0.5) is 14.9 Å². The first-order valence-electron chi connectivity index (χ1n) is 9.71. The fourth-order valence-corrected chi connectivity index (χ4v) is 4.12. The molecule has 1 fully saturated rings. The number of hydrogen-bond acceptors (Lipinski definition) is 4. The molecule has 2 heterocycles. The lowest BCUT2D eigenvalue weighted by Crippen LogP contribution is -2.47. The molecule has 0 radical (unpaired) electrons. The Balaban J connectivity index is 1.58. The largest absolute Gasteiger partial charge is 0.444 e. The maximum atomic E-state index is 13.9. The highest BCUT2D eigenvalue weighted by atomic mass is 32.1. The predicted octanol–water partition coefficient (Wildman–Crippen LogP) is 5.23. The molecule has 0 atom stereocenters. The van der Waals surface area contributed by atoms with Crippen molar-refractivity contribution in [1.82, 2.24) is 10.2 Å². The Kier molecular flexibility index (Phi) is 6.42. The van der Waals surface area contributed by atoms with E-state index in [0.29, 0.717) is 36.4 Å². The summed E-state index contributed by atoms with van der Waals surface area (Å²) in [6, 6.07) is 6.17. The molecule has 8 heteroatoms. The summed E-state index contributed by atoms with van der Waals surface area (Å²) >= 11 is 1.32. The molecule has 2 aromatic rings. The highest BCUT2D eigenvalue weighted by Crippen LogP contribution is 2.30. The van der Waals surface area contributed by atoms with Gasteiger partial charge in [0, 0.05) is 19.1 Å². The monoisotopic (exact) mass is 429 g/mol. The van der Waals surface area contributed by atoms with Gasteiger partial charge in [-0.25, -0.2) is 14.0 Å². The van der Waals surface area contributed by atoms with Crippen LogP contribution in [0.25, 0.3) is 16.0 Å². The predicted molar refractivity (Wildman–Crippen MR) is 114 cm³/mol. The molecule has 0 unspecified atom stereocenters. The van der Waals surface area contributed by atoms with Crippen LogP contribution in [0.3, 0.4) is 0 Å². The van der Waals surface area contributed by atoms with Crippen molar-refractivity contribution in [2.45, 2.75) is 45.3 Å². The lowest BCUT2D eigenvalue weighted by Gasteiger charge is -2.32. The fraction of sp³-hybridized carbons (Fsp3) is 0.409. The molecule has 3 rings (SSSR count). The minimum absolute atomic E-state index is 0.0202. The summed E-state index contributed by atoms with van der Waals surface area (Å²) in [5, 5.41) is 4.68. The van der Waals surface area contributed by atoms with Crippen LogP contribution < -0.4 is 5.32 Å². The number of alkyl carbamates (subject to hydrolysis) is 1. The molecule has 1 aliphatic heterocycles. The van der Waals surface area contributed by atoms with Gasteiger partial charge in [-0.2, -0.15) is 0 Å². The van der Waals surface area contributed by atoms with Crippen molar-refractivity contribution in [2.24, 2.45) is 0 Å². The van der Waals surface area contributed by atoms with E-state index < -0.39 is 17.5 Å². The Morgan fingerprint density at radius 1 is 1.23 bits per heavy atom. The van der Waals surface area contributed by atoms with E-state index in [-0.39, 0.29) is 17.6 Å². The van der Waals surface area contributed by atoms with Gasteiger partial charge in [-0.1, -0.05) is 12.1 Å². The molecule has 6 nitrogen and oxygen atoms in total. The number of carbonyl (C=O) groups excluding carboxylic acids is 2. The van der Waals surface area contributed by atoms with E-state index in [2.05, 4.69) is 10.2 Å². The maximum Gasteiger partial charge on any atom is 0.407 e. The van der Waals surface area contributed by atoms with Crippen LogP contribution in [-0.2, 0) is 4.74 Å².